The molecule has 150 valence electrons. The maximum Gasteiger partial charge on any atom is 0.416 e. The third-order valence-corrected chi connectivity index (χ3v) is 3.97. The van der Waals surface area contributed by atoms with Crippen molar-refractivity contribution in [1.29, 1.82) is 0 Å². The van der Waals surface area contributed by atoms with E-state index in [2.05, 4.69) is 5.32 Å². The molecule has 0 unspecified atom stereocenters. The van der Waals surface area contributed by atoms with E-state index in [1.807, 2.05) is 0 Å². The van der Waals surface area contributed by atoms with E-state index in [0.29, 0.717) is 4.73 Å². The summed E-state index contributed by atoms with van der Waals surface area (Å²) in [7, 11) is 0. The molecule has 0 saturated heterocycles. The van der Waals surface area contributed by atoms with Crippen LogP contribution in [0.3, 0.4) is 0 Å². The molecule has 0 aliphatic carbocycles. The van der Waals surface area contributed by atoms with Crippen molar-refractivity contribution >= 4 is 11.6 Å². The first kappa shape index (κ1) is 20.1. The first-order valence-corrected chi connectivity index (χ1v) is 8.29. The van der Waals surface area contributed by atoms with Crippen LogP contribution >= 0.6 is 0 Å². The van der Waals surface area contributed by atoms with Gasteiger partial charge in [-0.3, -0.25) is 4.79 Å². The molecule has 0 saturated carbocycles. The van der Waals surface area contributed by atoms with Crippen LogP contribution in [0.1, 0.15) is 21.5 Å². The molecule has 2 aromatic carbocycles. The number of hydrogen-bond acceptors (Lipinski definition) is 3. The van der Waals surface area contributed by atoms with E-state index >= 15 is 0 Å². The van der Waals surface area contributed by atoms with Gasteiger partial charge in [-0.15, -0.1) is 0 Å². The number of pyridine rings is 1. The lowest BCUT2D eigenvalue weighted by atomic mass is 10.1. The number of nitrogens with zero attached hydrogens (tertiary/aromatic N) is 1. The van der Waals surface area contributed by atoms with Gasteiger partial charge in [0.2, 0.25) is 6.20 Å². The number of carbonyl (C=O) groups excluding carboxylic acids is 1. The monoisotopic (exact) mass is 406 g/mol. The average Bonchev–Trinajstić information content (AvgIpc) is 2.64. The number of rotatable bonds is 4. The maximum atomic E-state index is 14.7. The van der Waals surface area contributed by atoms with Crippen molar-refractivity contribution in [3.8, 4) is 11.5 Å². The molecule has 0 atom stereocenters. The third-order valence-electron chi connectivity index (χ3n) is 3.97. The van der Waals surface area contributed by atoms with Crippen LogP contribution in [0.15, 0.2) is 60.9 Å². The number of benzene rings is 2. The Hall–Kier alpha value is -3.62. The van der Waals surface area contributed by atoms with Crippen molar-refractivity contribution in [3.05, 3.63) is 88.6 Å². The highest BCUT2D eigenvalue weighted by molar-refractivity contribution is 6.06. The fourth-order valence-electron chi connectivity index (χ4n) is 2.52. The second-order valence-electron chi connectivity index (χ2n) is 6.10. The van der Waals surface area contributed by atoms with E-state index in [-0.39, 0.29) is 22.7 Å². The molecule has 0 spiro atoms. The van der Waals surface area contributed by atoms with Crippen LogP contribution in [0.25, 0.3) is 0 Å². The van der Waals surface area contributed by atoms with Gasteiger partial charge in [-0.25, -0.2) is 4.39 Å². The number of hydrogen-bond donors (Lipinski definition) is 1. The SMILES string of the molecule is Cc1ccc(Oc2ccc(C(F)(F)F)cc2)c(C(=O)Nc2ccc[n+]([O-])c2)c1F. The number of anilines is 1. The Kier molecular flexibility index (Phi) is 5.40. The molecule has 29 heavy (non-hydrogen) atoms. The second kappa shape index (κ2) is 7.78. The molecule has 0 aliphatic heterocycles. The van der Waals surface area contributed by atoms with Crippen molar-refractivity contribution < 1.29 is 31.8 Å². The lowest BCUT2D eigenvalue weighted by molar-refractivity contribution is -0.604. The van der Waals surface area contributed by atoms with Gasteiger partial charge < -0.3 is 15.3 Å². The van der Waals surface area contributed by atoms with E-state index in [1.165, 1.54) is 37.4 Å². The first-order valence-electron chi connectivity index (χ1n) is 8.29. The van der Waals surface area contributed by atoms with Gasteiger partial charge in [-0.1, -0.05) is 6.07 Å². The molecule has 0 fully saturated rings. The van der Waals surface area contributed by atoms with Crippen LogP contribution in [0.2, 0.25) is 0 Å². The summed E-state index contributed by atoms with van der Waals surface area (Å²) in [6.45, 7) is 1.45. The molecular formula is C20H14F4N2O3. The first-order chi connectivity index (χ1) is 13.6. The molecule has 9 heteroatoms. The van der Waals surface area contributed by atoms with Gasteiger partial charge in [-0.2, -0.15) is 17.9 Å². The molecule has 1 aromatic heterocycles. The summed E-state index contributed by atoms with van der Waals surface area (Å²) >= 11 is 0. The quantitative estimate of drug-likeness (QED) is 0.383. The predicted octanol–water partition coefficient (Wildman–Crippen LogP) is 4.83. The van der Waals surface area contributed by atoms with Gasteiger partial charge in [0.25, 0.3) is 5.91 Å². The molecule has 1 heterocycles. The molecule has 3 rings (SSSR count). The Morgan fingerprint density at radius 1 is 1.10 bits per heavy atom. The fraction of sp³-hybridized carbons (Fsp3) is 0.100. The van der Waals surface area contributed by atoms with E-state index in [4.69, 9.17) is 4.74 Å². The molecule has 0 radical (unpaired) electrons. The maximum absolute atomic E-state index is 14.7. The van der Waals surface area contributed by atoms with Gasteiger partial charge in [-0.05, 0) is 48.9 Å². The Balaban J connectivity index is 1.92. The number of halogens is 4. The number of aromatic nitrogens is 1. The van der Waals surface area contributed by atoms with Crippen molar-refractivity contribution in [1.82, 2.24) is 0 Å². The number of nitrogens with one attached hydrogen (secondary N) is 1. The highest BCUT2D eigenvalue weighted by Gasteiger charge is 2.30. The van der Waals surface area contributed by atoms with Crippen LogP contribution in [0.5, 0.6) is 11.5 Å². The molecule has 0 bridgehead atoms. The topological polar surface area (TPSA) is 65.3 Å². The van der Waals surface area contributed by atoms with E-state index in [9.17, 15) is 27.6 Å². The zero-order chi connectivity index (χ0) is 21.2. The standard InChI is InChI=1S/C20H14F4N2O3/c1-12-4-9-16(29-15-7-5-13(6-8-15)20(22,23)24)17(18(12)21)19(27)25-14-3-2-10-26(28)11-14/h2-11H,1H3,(H,25,27). The van der Waals surface area contributed by atoms with Crippen LogP contribution in [0, 0.1) is 17.9 Å². The molecule has 0 aliphatic rings. The molecule has 1 N–H and O–H groups in total. The number of aryl methyl sites for hydroxylation is 1. The van der Waals surface area contributed by atoms with Crippen LogP contribution in [-0.2, 0) is 6.18 Å². The number of alkyl halides is 3. The Labute approximate surface area is 162 Å². The minimum Gasteiger partial charge on any atom is -0.619 e. The van der Waals surface area contributed by atoms with E-state index in [1.54, 1.807) is 0 Å². The van der Waals surface area contributed by atoms with E-state index in [0.717, 1.165) is 30.5 Å². The molecule has 5 nitrogen and oxygen atoms in total. The van der Waals surface area contributed by atoms with Crippen molar-refractivity contribution in [2.24, 2.45) is 0 Å². The number of ether oxygens (including phenoxy) is 1. The summed E-state index contributed by atoms with van der Waals surface area (Å²) in [6, 6.07) is 9.32. The van der Waals surface area contributed by atoms with Gasteiger partial charge >= 0.3 is 6.18 Å². The smallest absolute Gasteiger partial charge is 0.416 e. The van der Waals surface area contributed by atoms with Gasteiger partial charge in [0.15, 0.2) is 6.20 Å². The van der Waals surface area contributed by atoms with Crippen LogP contribution < -0.4 is 14.8 Å². The van der Waals surface area contributed by atoms with Crippen molar-refractivity contribution in [3.63, 3.8) is 0 Å². The average molecular weight is 406 g/mol. The summed E-state index contributed by atoms with van der Waals surface area (Å²) < 4.78 is 58.6. The Morgan fingerprint density at radius 2 is 1.79 bits per heavy atom. The van der Waals surface area contributed by atoms with E-state index < -0.39 is 29.0 Å². The largest absolute Gasteiger partial charge is 0.619 e. The lowest BCUT2D eigenvalue weighted by Crippen LogP contribution is -2.26. The summed E-state index contributed by atoms with van der Waals surface area (Å²) in [4.78, 5) is 12.6. The Bertz CT molecular complexity index is 1050. The highest BCUT2D eigenvalue weighted by atomic mass is 19.4. The normalized spacial score (nSPS) is 11.2. The molecule has 1 amide bonds. The highest BCUT2D eigenvalue weighted by Crippen LogP contribution is 2.33. The Morgan fingerprint density at radius 3 is 2.41 bits per heavy atom. The van der Waals surface area contributed by atoms with Gasteiger partial charge in [0.05, 0.1) is 5.56 Å². The second-order valence-corrected chi connectivity index (χ2v) is 6.10. The van der Waals surface area contributed by atoms with Crippen LogP contribution in [0.4, 0.5) is 23.2 Å². The number of carbonyl (C=O) groups is 1. The summed E-state index contributed by atoms with van der Waals surface area (Å²) in [6.07, 6.45) is -2.21. The summed E-state index contributed by atoms with van der Waals surface area (Å²) in [5.41, 5.74) is -1.00. The summed E-state index contributed by atoms with van der Waals surface area (Å²) in [5.74, 6) is -1.92. The van der Waals surface area contributed by atoms with Crippen molar-refractivity contribution in [2.75, 3.05) is 5.32 Å². The van der Waals surface area contributed by atoms with Crippen LogP contribution in [-0.4, -0.2) is 5.91 Å². The van der Waals surface area contributed by atoms with Gasteiger partial charge in [0, 0.05) is 6.07 Å². The van der Waals surface area contributed by atoms with Gasteiger partial charge in [0.1, 0.15) is 28.6 Å². The summed E-state index contributed by atoms with van der Waals surface area (Å²) in [5, 5.41) is 13.7. The lowest BCUT2D eigenvalue weighted by Gasteiger charge is -2.14. The zero-order valence-corrected chi connectivity index (χ0v) is 15.0. The minimum atomic E-state index is -4.51. The third kappa shape index (κ3) is 4.63. The molecule has 3 aromatic rings. The predicted molar refractivity (Wildman–Crippen MR) is 96.0 cm³/mol. The fourth-order valence-corrected chi connectivity index (χ4v) is 2.52. The minimum absolute atomic E-state index is 0.00702. The van der Waals surface area contributed by atoms with Crippen molar-refractivity contribution in [2.45, 2.75) is 13.1 Å². The molecular weight excluding hydrogens is 392 g/mol. The zero-order valence-electron chi connectivity index (χ0n) is 15.0. The number of amides is 1.